The number of para-hydroxylation sites is 2. The lowest BCUT2D eigenvalue weighted by atomic mass is 10.1. The number of hydrogen-bond acceptors (Lipinski definition) is 6. The van der Waals surface area contributed by atoms with Gasteiger partial charge in [-0.1, -0.05) is 35.6 Å². The van der Waals surface area contributed by atoms with E-state index in [9.17, 15) is 28.1 Å². The highest BCUT2D eigenvalue weighted by Gasteiger charge is 2.33. The molecule has 3 aromatic carbocycles. The zero-order valence-corrected chi connectivity index (χ0v) is 17.8. The molecular formula is C23H12F3N3O4S. The highest BCUT2D eigenvalue weighted by molar-refractivity contribution is 7.15. The van der Waals surface area contributed by atoms with Crippen molar-refractivity contribution in [3.8, 4) is 11.5 Å². The van der Waals surface area contributed by atoms with E-state index in [1.807, 2.05) is 24.3 Å². The molecule has 7 nitrogen and oxygen atoms in total. The van der Waals surface area contributed by atoms with E-state index in [4.69, 9.17) is 4.74 Å². The zero-order chi connectivity index (χ0) is 24.0. The Morgan fingerprint density at radius 1 is 1.06 bits per heavy atom. The Kier molecular flexibility index (Phi) is 5.05. The maximum Gasteiger partial charge on any atom is 0.416 e. The highest BCUT2D eigenvalue weighted by atomic mass is 32.1. The van der Waals surface area contributed by atoms with Crippen LogP contribution >= 0.6 is 11.3 Å². The Morgan fingerprint density at radius 3 is 2.50 bits per heavy atom. The van der Waals surface area contributed by atoms with E-state index in [1.165, 1.54) is 23.5 Å². The summed E-state index contributed by atoms with van der Waals surface area (Å²) in [6.07, 6.45) is -3.03. The first-order chi connectivity index (χ1) is 16.2. The molecule has 11 heteroatoms. The van der Waals surface area contributed by atoms with Crippen molar-refractivity contribution in [2.45, 2.75) is 6.18 Å². The zero-order valence-electron chi connectivity index (χ0n) is 16.9. The number of hydrogen-bond donors (Lipinski definition) is 0. The summed E-state index contributed by atoms with van der Waals surface area (Å²) in [5.74, 6) is -0.128. The van der Waals surface area contributed by atoms with Gasteiger partial charge in [0, 0.05) is 6.07 Å². The average Bonchev–Trinajstić information content (AvgIpc) is 3.30. The third-order valence-electron chi connectivity index (χ3n) is 5.03. The number of thiazole rings is 1. The average molecular weight is 483 g/mol. The second-order valence-corrected chi connectivity index (χ2v) is 8.25. The van der Waals surface area contributed by atoms with Gasteiger partial charge >= 0.3 is 11.9 Å². The summed E-state index contributed by atoms with van der Waals surface area (Å²) in [4.78, 5) is 28.2. The van der Waals surface area contributed by atoms with Crippen LogP contribution in [0.4, 0.5) is 18.9 Å². The molecule has 0 atom stereocenters. The Labute approximate surface area is 192 Å². The standard InChI is InChI=1S/C23H12F3N3O4S/c24-23(25,26)14-7-10-19(18(12-14)29(31)32)33-15-8-5-13(6-9-15)11-20-21(30)28-17-4-2-1-3-16(17)27-22(28)34-20/h1-12H. The number of imidazole rings is 1. The normalized spacial score (nSPS) is 12.5. The monoisotopic (exact) mass is 483 g/mol. The summed E-state index contributed by atoms with van der Waals surface area (Å²) >= 11 is 1.25. The molecule has 0 aliphatic carbocycles. The van der Waals surface area contributed by atoms with Gasteiger partial charge in [0.25, 0.3) is 5.56 Å². The topological polar surface area (TPSA) is 86.7 Å². The van der Waals surface area contributed by atoms with Crippen molar-refractivity contribution < 1.29 is 22.8 Å². The molecule has 0 radical (unpaired) electrons. The SMILES string of the molecule is O=c1c(=Cc2ccc(Oc3ccc(C(F)(F)F)cc3[N+](=O)[O-])cc2)sc2nc3ccccc3n12. The Hall–Kier alpha value is -4.25. The first-order valence-electron chi connectivity index (χ1n) is 9.76. The van der Waals surface area contributed by atoms with E-state index in [2.05, 4.69) is 4.98 Å². The van der Waals surface area contributed by atoms with Crippen LogP contribution in [0.25, 0.3) is 22.1 Å². The molecule has 34 heavy (non-hydrogen) atoms. The smallest absolute Gasteiger partial charge is 0.416 e. The summed E-state index contributed by atoms with van der Waals surface area (Å²) in [5, 5.41) is 11.2. The Balaban J connectivity index is 1.45. The van der Waals surface area contributed by atoms with Gasteiger partial charge in [-0.15, -0.1) is 0 Å². The molecule has 0 aliphatic rings. The minimum atomic E-state index is -4.71. The molecule has 5 rings (SSSR count). The molecule has 0 spiro atoms. The van der Waals surface area contributed by atoms with Crippen molar-refractivity contribution >= 4 is 39.1 Å². The maximum absolute atomic E-state index is 12.9. The van der Waals surface area contributed by atoms with Crippen LogP contribution in [0, 0.1) is 10.1 Å². The van der Waals surface area contributed by atoms with Crippen LogP contribution in [0.1, 0.15) is 11.1 Å². The number of nitro groups is 1. The molecule has 0 bridgehead atoms. The van der Waals surface area contributed by atoms with Gasteiger partial charge in [-0.3, -0.25) is 14.9 Å². The van der Waals surface area contributed by atoms with Gasteiger partial charge in [0.2, 0.25) is 5.75 Å². The van der Waals surface area contributed by atoms with Gasteiger partial charge < -0.3 is 4.74 Å². The Bertz CT molecular complexity index is 1670. The molecule has 0 aliphatic heterocycles. The van der Waals surface area contributed by atoms with E-state index >= 15 is 0 Å². The molecule has 2 aromatic heterocycles. The molecule has 0 N–H and O–H groups in total. The van der Waals surface area contributed by atoms with Crippen molar-refractivity contribution in [3.63, 3.8) is 0 Å². The molecule has 170 valence electrons. The van der Waals surface area contributed by atoms with Crippen LogP contribution < -0.4 is 14.8 Å². The maximum atomic E-state index is 12.9. The van der Waals surface area contributed by atoms with E-state index in [1.54, 1.807) is 22.6 Å². The third kappa shape index (κ3) is 3.86. The Morgan fingerprint density at radius 2 is 1.79 bits per heavy atom. The van der Waals surface area contributed by atoms with Crippen LogP contribution in [0.2, 0.25) is 0 Å². The number of aromatic nitrogens is 2. The number of alkyl halides is 3. The number of rotatable bonds is 4. The molecular weight excluding hydrogens is 471 g/mol. The first kappa shape index (κ1) is 21.6. The summed E-state index contributed by atoms with van der Waals surface area (Å²) < 4.78 is 46.1. The van der Waals surface area contributed by atoms with Gasteiger partial charge in [-0.05, 0) is 48.0 Å². The van der Waals surface area contributed by atoms with Crippen molar-refractivity contribution in [3.05, 3.63) is 103 Å². The largest absolute Gasteiger partial charge is 0.450 e. The fourth-order valence-electron chi connectivity index (χ4n) is 3.45. The fourth-order valence-corrected chi connectivity index (χ4v) is 4.43. The quantitative estimate of drug-likeness (QED) is 0.260. The summed E-state index contributed by atoms with van der Waals surface area (Å²) in [7, 11) is 0. The summed E-state index contributed by atoms with van der Waals surface area (Å²) in [6, 6.07) is 15.7. The molecule has 0 fully saturated rings. The summed E-state index contributed by atoms with van der Waals surface area (Å²) in [5.41, 5.74) is -0.0123. The molecule has 2 heterocycles. The van der Waals surface area contributed by atoms with E-state index in [0.29, 0.717) is 21.1 Å². The van der Waals surface area contributed by atoms with Gasteiger partial charge in [-0.25, -0.2) is 9.38 Å². The number of nitrogens with zero attached hydrogens (tertiary/aromatic N) is 3. The van der Waals surface area contributed by atoms with Crippen LogP contribution in [-0.2, 0) is 6.18 Å². The van der Waals surface area contributed by atoms with Crippen LogP contribution in [0.15, 0.2) is 71.5 Å². The molecule has 0 saturated carbocycles. The van der Waals surface area contributed by atoms with Gasteiger partial charge in [-0.2, -0.15) is 13.2 Å². The molecule has 5 aromatic rings. The second kappa shape index (κ2) is 7.96. The molecule has 0 amide bonds. The molecule has 0 unspecified atom stereocenters. The number of nitro benzene ring substituents is 1. The minimum absolute atomic E-state index is 0.189. The lowest BCUT2D eigenvalue weighted by Crippen LogP contribution is -2.22. The first-order valence-corrected chi connectivity index (χ1v) is 10.6. The lowest BCUT2D eigenvalue weighted by Gasteiger charge is -2.10. The van der Waals surface area contributed by atoms with Crippen LogP contribution in [0.5, 0.6) is 11.5 Å². The number of halogens is 3. The van der Waals surface area contributed by atoms with E-state index < -0.39 is 22.4 Å². The van der Waals surface area contributed by atoms with Crippen molar-refractivity contribution in [1.29, 1.82) is 0 Å². The van der Waals surface area contributed by atoms with Crippen molar-refractivity contribution in [1.82, 2.24) is 9.38 Å². The summed E-state index contributed by atoms with van der Waals surface area (Å²) in [6.45, 7) is 0. The van der Waals surface area contributed by atoms with Crippen LogP contribution in [0.3, 0.4) is 0 Å². The molecule has 0 saturated heterocycles. The van der Waals surface area contributed by atoms with E-state index in [-0.39, 0.29) is 17.1 Å². The lowest BCUT2D eigenvalue weighted by molar-refractivity contribution is -0.385. The van der Waals surface area contributed by atoms with Crippen molar-refractivity contribution in [2.24, 2.45) is 0 Å². The number of fused-ring (bicyclic) bond motifs is 3. The van der Waals surface area contributed by atoms with E-state index in [0.717, 1.165) is 23.2 Å². The number of ether oxygens (including phenoxy) is 1. The van der Waals surface area contributed by atoms with Crippen LogP contribution in [-0.4, -0.2) is 14.3 Å². The van der Waals surface area contributed by atoms with Gasteiger partial charge in [0.15, 0.2) is 4.96 Å². The predicted molar refractivity (Wildman–Crippen MR) is 120 cm³/mol. The third-order valence-corrected chi connectivity index (χ3v) is 6.00. The van der Waals surface area contributed by atoms with Gasteiger partial charge in [0.1, 0.15) is 5.75 Å². The number of benzene rings is 3. The van der Waals surface area contributed by atoms with Crippen molar-refractivity contribution in [2.75, 3.05) is 0 Å². The van der Waals surface area contributed by atoms with Gasteiger partial charge in [0.05, 0.1) is 26.1 Å². The minimum Gasteiger partial charge on any atom is -0.450 e. The predicted octanol–water partition coefficient (Wildman–Crippen LogP) is 5.18. The fraction of sp³-hybridized carbons (Fsp3) is 0.0435. The second-order valence-electron chi connectivity index (χ2n) is 7.24. The highest BCUT2D eigenvalue weighted by Crippen LogP contribution is 2.37.